The number of thioether (sulfide) groups is 1. The molecule has 170 valence electrons. The Bertz CT molecular complexity index is 1370. The lowest BCUT2D eigenvalue weighted by Gasteiger charge is -2.38. The molecule has 1 aliphatic carbocycles. The van der Waals surface area contributed by atoms with Crippen LogP contribution in [-0.2, 0) is 9.53 Å². The molecule has 1 aliphatic rings. The van der Waals surface area contributed by atoms with Crippen LogP contribution in [0.1, 0.15) is 26.2 Å². The molecule has 1 N–H and O–H groups in total. The van der Waals surface area contributed by atoms with Gasteiger partial charge in [-0.2, -0.15) is 0 Å². The van der Waals surface area contributed by atoms with Crippen molar-refractivity contribution in [1.29, 1.82) is 0 Å². The number of nitrogens with one attached hydrogen (secondary N) is 1. The van der Waals surface area contributed by atoms with Crippen molar-refractivity contribution in [3.63, 3.8) is 0 Å². The fraction of sp³-hybridized carbons (Fsp3) is 0.240. The smallest absolute Gasteiger partial charge is 0.322 e. The van der Waals surface area contributed by atoms with E-state index in [0.29, 0.717) is 6.61 Å². The van der Waals surface area contributed by atoms with E-state index in [1.54, 1.807) is 18.0 Å². The number of carbonyl (C=O) groups excluding carboxylic acids is 1. The number of nitrogens with zero attached hydrogens (tertiary/aromatic N) is 1. The SMILES string of the molecule is CCOC(=O)C1(Sc2ccnc3cc(Br)ccc23)CCC1.S=c1cc[nH]c2cc(Br)ccc12. The molecule has 8 heteroatoms. The Kier molecular flexibility index (Phi) is 7.89. The van der Waals surface area contributed by atoms with Crippen molar-refractivity contribution in [1.82, 2.24) is 9.97 Å². The largest absolute Gasteiger partial charge is 0.465 e. The number of pyridine rings is 2. The minimum Gasteiger partial charge on any atom is -0.465 e. The van der Waals surface area contributed by atoms with Gasteiger partial charge in [-0.1, -0.05) is 56.2 Å². The predicted octanol–water partition coefficient (Wildman–Crippen LogP) is 8.24. The lowest BCUT2D eigenvalue weighted by Crippen LogP contribution is -2.43. The minimum atomic E-state index is -0.405. The summed E-state index contributed by atoms with van der Waals surface area (Å²) in [6, 6.07) is 16.0. The maximum absolute atomic E-state index is 12.3. The molecule has 0 radical (unpaired) electrons. The van der Waals surface area contributed by atoms with Crippen LogP contribution in [-0.4, -0.2) is 27.3 Å². The molecular weight excluding hydrogens is 584 g/mol. The van der Waals surface area contributed by atoms with Crippen LogP contribution in [0.2, 0.25) is 0 Å². The highest BCUT2D eigenvalue weighted by Crippen LogP contribution is 2.49. The maximum atomic E-state index is 12.3. The zero-order valence-corrected chi connectivity index (χ0v) is 22.7. The molecule has 0 amide bonds. The molecule has 5 rings (SSSR count). The molecular formula is C25H22Br2N2O2S2. The van der Waals surface area contributed by atoms with Crippen molar-refractivity contribution in [2.75, 3.05) is 6.61 Å². The van der Waals surface area contributed by atoms with E-state index in [0.717, 1.165) is 59.4 Å². The molecule has 2 heterocycles. The van der Waals surface area contributed by atoms with Gasteiger partial charge >= 0.3 is 5.97 Å². The van der Waals surface area contributed by atoms with Crippen molar-refractivity contribution in [2.24, 2.45) is 0 Å². The van der Waals surface area contributed by atoms with Gasteiger partial charge in [0.25, 0.3) is 0 Å². The number of aromatic nitrogens is 2. The van der Waals surface area contributed by atoms with Gasteiger partial charge in [-0.3, -0.25) is 9.78 Å². The van der Waals surface area contributed by atoms with Gasteiger partial charge in [-0.15, -0.1) is 11.8 Å². The summed E-state index contributed by atoms with van der Waals surface area (Å²) in [6.07, 6.45) is 6.51. The number of H-pyrrole nitrogens is 1. The fourth-order valence-corrected chi connectivity index (χ4v) is 6.07. The second-order valence-corrected chi connectivity index (χ2v) is 11.4. The van der Waals surface area contributed by atoms with E-state index in [1.165, 1.54) is 0 Å². The van der Waals surface area contributed by atoms with Crippen LogP contribution >= 0.6 is 55.8 Å². The van der Waals surface area contributed by atoms with E-state index < -0.39 is 4.75 Å². The van der Waals surface area contributed by atoms with E-state index in [-0.39, 0.29) is 5.97 Å². The van der Waals surface area contributed by atoms with E-state index in [9.17, 15) is 4.79 Å². The van der Waals surface area contributed by atoms with Crippen molar-refractivity contribution in [3.05, 3.63) is 74.4 Å². The first-order valence-electron chi connectivity index (χ1n) is 10.6. The highest BCUT2D eigenvalue weighted by atomic mass is 79.9. The van der Waals surface area contributed by atoms with Gasteiger partial charge in [0.2, 0.25) is 0 Å². The number of halogens is 2. The van der Waals surface area contributed by atoms with Gasteiger partial charge in [0.05, 0.1) is 12.1 Å². The molecule has 2 aromatic carbocycles. The molecule has 1 saturated carbocycles. The monoisotopic (exact) mass is 604 g/mol. The minimum absolute atomic E-state index is 0.0803. The average Bonchev–Trinajstić information content (AvgIpc) is 2.76. The van der Waals surface area contributed by atoms with Gasteiger partial charge < -0.3 is 9.72 Å². The molecule has 33 heavy (non-hydrogen) atoms. The Morgan fingerprint density at radius 3 is 2.55 bits per heavy atom. The number of hydrogen-bond acceptors (Lipinski definition) is 5. The second-order valence-electron chi connectivity index (χ2n) is 7.67. The number of aromatic amines is 1. The third kappa shape index (κ3) is 5.50. The number of rotatable bonds is 4. The fourth-order valence-electron chi connectivity index (χ4n) is 3.65. The highest BCUT2D eigenvalue weighted by molar-refractivity contribution is 9.10. The number of esters is 1. The normalized spacial score (nSPS) is 14.3. The average molecular weight is 606 g/mol. The van der Waals surface area contributed by atoms with E-state index >= 15 is 0 Å². The van der Waals surface area contributed by atoms with Crippen LogP contribution in [0, 0.1) is 4.51 Å². The molecule has 0 spiro atoms. The lowest BCUT2D eigenvalue weighted by molar-refractivity contribution is -0.148. The topological polar surface area (TPSA) is 55.0 Å². The van der Waals surface area contributed by atoms with Gasteiger partial charge in [-0.25, -0.2) is 0 Å². The van der Waals surface area contributed by atoms with Crippen molar-refractivity contribution in [3.8, 4) is 0 Å². The van der Waals surface area contributed by atoms with Gasteiger partial charge in [0.1, 0.15) is 4.75 Å². The van der Waals surface area contributed by atoms with Crippen LogP contribution in [0.4, 0.5) is 0 Å². The van der Waals surface area contributed by atoms with Crippen LogP contribution in [0.5, 0.6) is 0 Å². The molecule has 0 aliphatic heterocycles. The van der Waals surface area contributed by atoms with Crippen molar-refractivity contribution < 1.29 is 9.53 Å². The first-order chi connectivity index (χ1) is 15.9. The number of fused-ring (bicyclic) bond motifs is 2. The van der Waals surface area contributed by atoms with Gasteiger partial charge in [-0.05, 0) is 62.6 Å². The Morgan fingerprint density at radius 2 is 1.85 bits per heavy atom. The Balaban J connectivity index is 0.000000183. The Labute approximate surface area is 218 Å². The number of ether oxygens (including phenoxy) is 1. The third-order valence-electron chi connectivity index (χ3n) is 5.50. The number of hydrogen-bond donors (Lipinski definition) is 1. The summed E-state index contributed by atoms with van der Waals surface area (Å²) >= 11 is 13.7. The van der Waals surface area contributed by atoms with Gasteiger partial charge in [0.15, 0.2) is 0 Å². The molecule has 1 fully saturated rings. The van der Waals surface area contributed by atoms with E-state index in [1.807, 2.05) is 61.7 Å². The van der Waals surface area contributed by atoms with Crippen molar-refractivity contribution >= 4 is 83.6 Å². The van der Waals surface area contributed by atoms with E-state index in [4.69, 9.17) is 17.0 Å². The quantitative estimate of drug-likeness (QED) is 0.187. The first-order valence-corrected chi connectivity index (χ1v) is 13.4. The predicted molar refractivity (Wildman–Crippen MR) is 145 cm³/mol. The molecule has 0 bridgehead atoms. The third-order valence-corrected chi connectivity index (χ3v) is 8.38. The standard InChI is InChI=1S/C16H16BrNO2S.C9H6BrNS/c1-2-20-15(19)16(7-3-8-16)21-14-6-9-18-13-10-11(17)4-5-12(13)14;10-6-1-2-7-8(5-6)11-4-3-9(7)12/h4-6,9-10H,2-3,7-8H2,1H3;1-5H,(H,11,12). The van der Waals surface area contributed by atoms with Crippen LogP contribution in [0.3, 0.4) is 0 Å². The van der Waals surface area contributed by atoms with Crippen LogP contribution in [0.25, 0.3) is 21.8 Å². The van der Waals surface area contributed by atoms with Gasteiger partial charge in [0, 0.05) is 47.0 Å². The second kappa shape index (κ2) is 10.7. The van der Waals surface area contributed by atoms with Crippen molar-refractivity contribution in [2.45, 2.75) is 35.8 Å². The molecule has 0 saturated heterocycles. The summed E-state index contributed by atoms with van der Waals surface area (Å²) in [5.41, 5.74) is 2.00. The first kappa shape index (κ1) is 24.4. The summed E-state index contributed by atoms with van der Waals surface area (Å²) in [7, 11) is 0. The molecule has 4 aromatic rings. The summed E-state index contributed by atoms with van der Waals surface area (Å²) < 4.78 is 7.82. The number of benzene rings is 2. The number of carbonyl (C=O) groups is 1. The summed E-state index contributed by atoms with van der Waals surface area (Å²) in [5.74, 6) is -0.0803. The van der Waals surface area contributed by atoms with Crippen LogP contribution in [0.15, 0.2) is 74.8 Å². The Hall–Kier alpha value is -1.74. The summed E-state index contributed by atoms with van der Waals surface area (Å²) in [5, 5.41) is 2.18. The lowest BCUT2D eigenvalue weighted by atomic mass is 9.84. The molecule has 2 aromatic heterocycles. The molecule has 0 atom stereocenters. The maximum Gasteiger partial charge on any atom is 0.322 e. The highest BCUT2D eigenvalue weighted by Gasteiger charge is 2.46. The molecule has 0 unspecified atom stereocenters. The zero-order valence-electron chi connectivity index (χ0n) is 17.9. The summed E-state index contributed by atoms with van der Waals surface area (Å²) in [4.78, 5) is 20.9. The van der Waals surface area contributed by atoms with E-state index in [2.05, 4.69) is 41.8 Å². The molecule has 4 nitrogen and oxygen atoms in total. The zero-order chi connectivity index (χ0) is 23.4. The summed E-state index contributed by atoms with van der Waals surface area (Å²) in [6.45, 7) is 2.29. The Morgan fingerprint density at radius 1 is 1.12 bits per heavy atom. The van der Waals surface area contributed by atoms with Crippen LogP contribution < -0.4 is 0 Å².